The van der Waals surface area contributed by atoms with E-state index in [1.54, 1.807) is 37.4 Å². The Kier molecular flexibility index (Phi) is 6.76. The molecule has 2 amide bonds. The molecule has 2 aromatic carbocycles. The lowest BCUT2D eigenvalue weighted by Gasteiger charge is -2.19. The molecule has 0 saturated carbocycles. The highest BCUT2D eigenvalue weighted by molar-refractivity contribution is 6.39. The highest BCUT2D eigenvalue weighted by atomic mass is 16.5. The molecule has 7 nitrogen and oxygen atoms in total. The fraction of sp³-hybridized carbons (Fsp3) is 0.286. The predicted octanol–water partition coefficient (Wildman–Crippen LogP) is 3.09. The summed E-state index contributed by atoms with van der Waals surface area (Å²) >= 11 is 0. The number of carbonyl (C=O) groups is 2. The van der Waals surface area contributed by atoms with Crippen molar-refractivity contribution in [1.82, 2.24) is 5.43 Å². The van der Waals surface area contributed by atoms with Crippen LogP contribution in [0.3, 0.4) is 0 Å². The maximum absolute atomic E-state index is 12.0. The molecular weight excluding hydrogens is 358 g/mol. The van der Waals surface area contributed by atoms with E-state index in [1.807, 2.05) is 12.1 Å². The van der Waals surface area contributed by atoms with Gasteiger partial charge in [-0.2, -0.15) is 5.10 Å². The van der Waals surface area contributed by atoms with Gasteiger partial charge in [-0.3, -0.25) is 9.59 Å². The summed E-state index contributed by atoms with van der Waals surface area (Å²) in [7, 11) is 3.07. The minimum absolute atomic E-state index is 0.0127. The third kappa shape index (κ3) is 5.57. The molecular formula is C21H25N3O4. The van der Waals surface area contributed by atoms with Crippen LogP contribution in [-0.2, 0) is 15.0 Å². The number of nitrogens with one attached hydrogen (secondary N) is 2. The molecule has 0 spiro atoms. The van der Waals surface area contributed by atoms with Gasteiger partial charge in [0.1, 0.15) is 0 Å². The third-order valence-electron chi connectivity index (χ3n) is 4.00. The largest absolute Gasteiger partial charge is 0.493 e. The molecule has 0 heterocycles. The van der Waals surface area contributed by atoms with Crippen molar-refractivity contribution in [2.75, 3.05) is 19.5 Å². The standard InChI is InChI=1S/C21H25N3O4/c1-21(2,3)15-7-9-16(10-8-15)23-19(25)20(26)24-22-13-14-6-11-17(27-4)18(12-14)28-5/h6-13H,1-5H3,(H,23,25)(H,24,26)/b22-13-. The molecule has 148 valence electrons. The quantitative estimate of drug-likeness (QED) is 0.472. The first-order valence-electron chi connectivity index (χ1n) is 8.71. The van der Waals surface area contributed by atoms with Crippen LogP contribution in [-0.4, -0.2) is 32.2 Å². The van der Waals surface area contributed by atoms with Gasteiger partial charge >= 0.3 is 11.8 Å². The fourth-order valence-electron chi connectivity index (χ4n) is 2.39. The molecule has 0 fully saturated rings. The van der Waals surface area contributed by atoms with Crippen molar-refractivity contribution in [3.63, 3.8) is 0 Å². The molecule has 2 rings (SSSR count). The van der Waals surface area contributed by atoms with Gasteiger partial charge in [-0.25, -0.2) is 5.43 Å². The minimum Gasteiger partial charge on any atom is -0.493 e. The van der Waals surface area contributed by atoms with Crippen LogP contribution in [0.4, 0.5) is 5.69 Å². The predicted molar refractivity (Wildman–Crippen MR) is 109 cm³/mol. The second-order valence-electron chi connectivity index (χ2n) is 7.10. The maximum atomic E-state index is 12.0. The highest BCUT2D eigenvalue weighted by Crippen LogP contribution is 2.27. The molecule has 0 saturated heterocycles. The molecule has 28 heavy (non-hydrogen) atoms. The van der Waals surface area contributed by atoms with Crippen LogP contribution in [0.25, 0.3) is 0 Å². The second kappa shape index (κ2) is 9.03. The van der Waals surface area contributed by atoms with Gasteiger partial charge in [0.25, 0.3) is 0 Å². The van der Waals surface area contributed by atoms with Gasteiger partial charge in [0, 0.05) is 5.69 Å². The van der Waals surface area contributed by atoms with E-state index in [-0.39, 0.29) is 5.41 Å². The van der Waals surface area contributed by atoms with Crippen LogP contribution in [0, 0.1) is 0 Å². The van der Waals surface area contributed by atoms with Gasteiger partial charge < -0.3 is 14.8 Å². The first-order valence-corrected chi connectivity index (χ1v) is 8.71. The summed E-state index contributed by atoms with van der Waals surface area (Å²) in [5.41, 5.74) is 4.56. The maximum Gasteiger partial charge on any atom is 0.329 e. The third-order valence-corrected chi connectivity index (χ3v) is 4.00. The molecule has 0 radical (unpaired) electrons. The van der Waals surface area contributed by atoms with E-state index >= 15 is 0 Å². The summed E-state index contributed by atoms with van der Waals surface area (Å²) in [6, 6.07) is 12.5. The number of hydrogen-bond acceptors (Lipinski definition) is 5. The van der Waals surface area contributed by atoms with Gasteiger partial charge in [-0.15, -0.1) is 0 Å². The average molecular weight is 383 g/mol. The van der Waals surface area contributed by atoms with Gasteiger partial charge in [-0.05, 0) is 46.9 Å². The average Bonchev–Trinajstić information content (AvgIpc) is 2.67. The lowest BCUT2D eigenvalue weighted by molar-refractivity contribution is -0.136. The number of benzene rings is 2. The topological polar surface area (TPSA) is 89.0 Å². The highest BCUT2D eigenvalue weighted by Gasteiger charge is 2.15. The van der Waals surface area contributed by atoms with Gasteiger partial charge in [-0.1, -0.05) is 32.9 Å². The fourth-order valence-corrected chi connectivity index (χ4v) is 2.39. The van der Waals surface area contributed by atoms with Gasteiger partial charge in [0.05, 0.1) is 20.4 Å². The number of ether oxygens (including phenoxy) is 2. The molecule has 0 atom stereocenters. The zero-order chi connectivity index (χ0) is 20.7. The zero-order valence-electron chi connectivity index (χ0n) is 16.7. The van der Waals surface area contributed by atoms with Crippen LogP contribution in [0.1, 0.15) is 31.9 Å². The number of hydrogen-bond donors (Lipinski definition) is 2. The molecule has 0 aliphatic carbocycles. The number of nitrogens with zero attached hydrogens (tertiary/aromatic N) is 1. The molecule has 0 aromatic heterocycles. The normalized spacial score (nSPS) is 11.2. The number of anilines is 1. The van der Waals surface area contributed by atoms with Crippen molar-refractivity contribution in [1.29, 1.82) is 0 Å². The number of hydrazone groups is 1. The second-order valence-corrected chi connectivity index (χ2v) is 7.10. The Morgan fingerprint density at radius 2 is 1.57 bits per heavy atom. The van der Waals surface area contributed by atoms with E-state index in [1.165, 1.54) is 13.3 Å². The van der Waals surface area contributed by atoms with E-state index in [2.05, 4.69) is 36.6 Å². The van der Waals surface area contributed by atoms with Crippen molar-refractivity contribution in [3.05, 3.63) is 53.6 Å². The van der Waals surface area contributed by atoms with Crippen molar-refractivity contribution in [2.24, 2.45) is 5.10 Å². The lowest BCUT2D eigenvalue weighted by Crippen LogP contribution is -2.32. The van der Waals surface area contributed by atoms with E-state index in [9.17, 15) is 9.59 Å². The van der Waals surface area contributed by atoms with E-state index in [0.29, 0.717) is 22.7 Å². The number of rotatable bonds is 5. The van der Waals surface area contributed by atoms with Crippen LogP contribution in [0.15, 0.2) is 47.6 Å². The lowest BCUT2D eigenvalue weighted by atomic mass is 9.87. The molecule has 0 bridgehead atoms. The van der Waals surface area contributed by atoms with Gasteiger partial charge in [0.2, 0.25) is 0 Å². The first kappa shape index (κ1) is 21.0. The summed E-state index contributed by atoms with van der Waals surface area (Å²) < 4.78 is 10.4. The molecule has 0 aliphatic heterocycles. The smallest absolute Gasteiger partial charge is 0.329 e. The van der Waals surface area contributed by atoms with Crippen molar-refractivity contribution in [2.45, 2.75) is 26.2 Å². The van der Waals surface area contributed by atoms with Crippen molar-refractivity contribution in [3.8, 4) is 11.5 Å². The minimum atomic E-state index is -0.864. The van der Waals surface area contributed by atoms with Crippen molar-refractivity contribution >= 4 is 23.7 Å². The van der Waals surface area contributed by atoms with Crippen LogP contribution in [0.2, 0.25) is 0 Å². The van der Waals surface area contributed by atoms with Crippen LogP contribution < -0.4 is 20.2 Å². The van der Waals surface area contributed by atoms with Crippen LogP contribution >= 0.6 is 0 Å². The van der Waals surface area contributed by atoms with Crippen molar-refractivity contribution < 1.29 is 19.1 Å². The summed E-state index contributed by atoms with van der Waals surface area (Å²) in [5, 5.41) is 6.34. The summed E-state index contributed by atoms with van der Waals surface area (Å²) in [6.07, 6.45) is 1.41. The summed E-state index contributed by atoms with van der Waals surface area (Å²) in [5.74, 6) is -0.542. The summed E-state index contributed by atoms with van der Waals surface area (Å²) in [6.45, 7) is 6.30. The Balaban J connectivity index is 1.94. The van der Waals surface area contributed by atoms with Crippen LogP contribution in [0.5, 0.6) is 11.5 Å². The first-order chi connectivity index (χ1) is 13.2. The van der Waals surface area contributed by atoms with E-state index < -0.39 is 11.8 Å². The Morgan fingerprint density at radius 1 is 0.929 bits per heavy atom. The Labute approximate surface area is 164 Å². The number of amides is 2. The SMILES string of the molecule is COc1ccc(/C=N\NC(=O)C(=O)Nc2ccc(C(C)(C)C)cc2)cc1OC. The van der Waals surface area contributed by atoms with Gasteiger partial charge in [0.15, 0.2) is 11.5 Å². The molecule has 0 unspecified atom stereocenters. The Bertz CT molecular complexity index is 868. The monoisotopic (exact) mass is 383 g/mol. The Hall–Kier alpha value is -3.35. The van der Waals surface area contributed by atoms with E-state index in [4.69, 9.17) is 9.47 Å². The molecule has 2 aromatic rings. The number of carbonyl (C=O) groups excluding carboxylic acids is 2. The molecule has 0 aliphatic rings. The molecule has 7 heteroatoms. The zero-order valence-corrected chi connectivity index (χ0v) is 16.7. The number of methoxy groups -OCH3 is 2. The molecule has 2 N–H and O–H groups in total. The Morgan fingerprint density at radius 3 is 2.14 bits per heavy atom. The summed E-state index contributed by atoms with van der Waals surface area (Å²) in [4.78, 5) is 23.9. The van der Waals surface area contributed by atoms with E-state index in [0.717, 1.165) is 5.56 Å².